The number of hydrogen-bond donors (Lipinski definition) is 1. The first kappa shape index (κ1) is 16.0. The number of amides is 1. The van der Waals surface area contributed by atoms with E-state index >= 15 is 0 Å². The van der Waals surface area contributed by atoms with Crippen LogP contribution in [-0.2, 0) is 6.54 Å². The molecule has 3 aromatic heterocycles. The second-order valence-electron chi connectivity index (χ2n) is 6.07. The first-order chi connectivity index (χ1) is 12.6. The number of benzene rings is 1. The van der Waals surface area contributed by atoms with Crippen molar-refractivity contribution >= 4 is 17.2 Å². The van der Waals surface area contributed by atoms with Crippen LogP contribution in [0.4, 0.5) is 5.69 Å². The third-order valence-corrected chi connectivity index (χ3v) is 4.43. The van der Waals surface area contributed by atoms with Gasteiger partial charge in [0.2, 0.25) is 0 Å². The number of rotatable bonds is 4. The van der Waals surface area contributed by atoms with E-state index in [9.17, 15) is 4.79 Å². The van der Waals surface area contributed by atoms with Gasteiger partial charge in [0, 0.05) is 30.3 Å². The van der Waals surface area contributed by atoms with Crippen LogP contribution in [0.25, 0.3) is 5.65 Å². The van der Waals surface area contributed by atoms with Crippen molar-refractivity contribution in [2.75, 3.05) is 5.32 Å². The molecule has 0 aliphatic carbocycles. The molecule has 130 valence electrons. The third kappa shape index (κ3) is 2.83. The standard InChI is InChI=1S/C19H18N6O/c1-13-16(11-21-18-7-8-22-25(13)18)19(26)23-17-6-4-3-5-15(17)12-24-10-9-20-14(24)2/h3-11H,12H2,1-2H3,(H,23,26). The lowest BCUT2D eigenvalue weighted by Gasteiger charge is -2.13. The van der Waals surface area contributed by atoms with Crippen molar-refractivity contribution in [2.45, 2.75) is 20.4 Å². The monoisotopic (exact) mass is 346 g/mol. The number of anilines is 1. The highest BCUT2D eigenvalue weighted by Gasteiger charge is 2.15. The summed E-state index contributed by atoms with van der Waals surface area (Å²) in [5, 5.41) is 7.21. The zero-order valence-corrected chi connectivity index (χ0v) is 14.5. The Labute approximate surface area is 150 Å². The van der Waals surface area contributed by atoms with Crippen LogP contribution in [0.15, 0.2) is 55.1 Å². The average Bonchev–Trinajstić information content (AvgIpc) is 3.26. The first-order valence-electron chi connectivity index (χ1n) is 8.30. The Hall–Kier alpha value is -3.48. The largest absolute Gasteiger partial charge is 0.331 e. The Balaban J connectivity index is 1.63. The SMILES string of the molecule is Cc1nccn1Cc1ccccc1NC(=O)c1cnc2ccnn2c1C. The lowest BCUT2D eigenvalue weighted by Crippen LogP contribution is -2.17. The van der Waals surface area contributed by atoms with E-state index in [1.807, 2.05) is 48.9 Å². The van der Waals surface area contributed by atoms with Crippen molar-refractivity contribution in [2.24, 2.45) is 0 Å². The van der Waals surface area contributed by atoms with E-state index in [1.54, 1.807) is 29.2 Å². The van der Waals surface area contributed by atoms with E-state index in [1.165, 1.54) is 0 Å². The topological polar surface area (TPSA) is 77.1 Å². The molecule has 0 unspecified atom stereocenters. The summed E-state index contributed by atoms with van der Waals surface area (Å²) in [7, 11) is 0. The lowest BCUT2D eigenvalue weighted by atomic mass is 10.1. The zero-order valence-electron chi connectivity index (χ0n) is 14.5. The fraction of sp³-hybridized carbons (Fsp3) is 0.158. The molecule has 0 bridgehead atoms. The number of nitrogens with zero attached hydrogens (tertiary/aromatic N) is 5. The average molecular weight is 346 g/mol. The van der Waals surface area contributed by atoms with Crippen LogP contribution in [0.1, 0.15) is 27.4 Å². The molecule has 0 saturated carbocycles. The van der Waals surface area contributed by atoms with Gasteiger partial charge in [-0.2, -0.15) is 5.10 Å². The highest BCUT2D eigenvalue weighted by Crippen LogP contribution is 2.19. The van der Waals surface area contributed by atoms with Gasteiger partial charge in [-0.1, -0.05) is 18.2 Å². The van der Waals surface area contributed by atoms with Gasteiger partial charge >= 0.3 is 0 Å². The van der Waals surface area contributed by atoms with Crippen LogP contribution < -0.4 is 5.32 Å². The smallest absolute Gasteiger partial charge is 0.259 e. The number of aromatic nitrogens is 5. The number of hydrogen-bond acceptors (Lipinski definition) is 4. The quantitative estimate of drug-likeness (QED) is 0.616. The van der Waals surface area contributed by atoms with Gasteiger partial charge in [-0.25, -0.2) is 14.5 Å². The highest BCUT2D eigenvalue weighted by molar-refractivity contribution is 6.05. The molecule has 0 atom stereocenters. The number of aryl methyl sites for hydroxylation is 2. The molecule has 0 radical (unpaired) electrons. The molecule has 0 aliphatic rings. The number of carbonyl (C=O) groups is 1. The molecule has 0 aliphatic heterocycles. The molecule has 0 spiro atoms. The van der Waals surface area contributed by atoms with Gasteiger partial charge in [0.05, 0.1) is 24.0 Å². The van der Waals surface area contributed by atoms with Crippen molar-refractivity contribution in [3.05, 3.63) is 77.8 Å². The second-order valence-corrected chi connectivity index (χ2v) is 6.07. The summed E-state index contributed by atoms with van der Waals surface area (Å²) in [4.78, 5) is 21.3. The molecule has 4 aromatic rings. The van der Waals surface area contributed by atoms with E-state index in [0.717, 1.165) is 28.4 Å². The Kier molecular flexibility index (Phi) is 3.96. The van der Waals surface area contributed by atoms with Crippen LogP contribution >= 0.6 is 0 Å². The molecule has 7 nitrogen and oxygen atoms in total. The molecule has 1 aromatic carbocycles. The maximum absolute atomic E-state index is 12.8. The van der Waals surface area contributed by atoms with E-state index < -0.39 is 0 Å². The molecule has 0 saturated heterocycles. The Bertz CT molecular complexity index is 1090. The van der Waals surface area contributed by atoms with Crippen LogP contribution in [-0.4, -0.2) is 30.1 Å². The first-order valence-corrected chi connectivity index (χ1v) is 8.30. The summed E-state index contributed by atoms with van der Waals surface area (Å²) >= 11 is 0. The van der Waals surface area contributed by atoms with Gasteiger partial charge in [0.15, 0.2) is 5.65 Å². The Morgan fingerprint density at radius 2 is 1.96 bits per heavy atom. The summed E-state index contributed by atoms with van der Waals surface area (Å²) in [5.41, 5.74) is 3.74. The Morgan fingerprint density at radius 3 is 2.77 bits per heavy atom. The van der Waals surface area contributed by atoms with Crippen molar-refractivity contribution in [1.29, 1.82) is 0 Å². The van der Waals surface area contributed by atoms with Crippen LogP contribution in [0, 0.1) is 13.8 Å². The molecule has 1 amide bonds. The maximum Gasteiger partial charge on any atom is 0.259 e. The minimum absolute atomic E-state index is 0.206. The predicted octanol–water partition coefficient (Wildman–Crippen LogP) is 2.84. The van der Waals surface area contributed by atoms with Gasteiger partial charge in [-0.3, -0.25) is 4.79 Å². The van der Waals surface area contributed by atoms with Crippen molar-refractivity contribution in [1.82, 2.24) is 24.1 Å². The summed E-state index contributed by atoms with van der Waals surface area (Å²) < 4.78 is 3.70. The van der Waals surface area contributed by atoms with Crippen molar-refractivity contribution in [3.63, 3.8) is 0 Å². The van der Waals surface area contributed by atoms with Gasteiger partial charge in [0.1, 0.15) is 5.82 Å². The summed E-state index contributed by atoms with van der Waals surface area (Å²) in [5.74, 6) is 0.720. The van der Waals surface area contributed by atoms with Crippen LogP contribution in [0.3, 0.4) is 0 Å². The fourth-order valence-corrected chi connectivity index (χ4v) is 2.94. The summed E-state index contributed by atoms with van der Waals surface area (Å²) in [6.45, 7) is 4.45. The normalized spacial score (nSPS) is 11.0. The van der Waals surface area contributed by atoms with Gasteiger partial charge < -0.3 is 9.88 Å². The maximum atomic E-state index is 12.8. The molecule has 4 rings (SSSR count). The number of imidazole rings is 1. The number of fused-ring (bicyclic) bond motifs is 1. The van der Waals surface area contributed by atoms with Crippen LogP contribution in [0.2, 0.25) is 0 Å². The molecule has 26 heavy (non-hydrogen) atoms. The van der Waals surface area contributed by atoms with Gasteiger partial charge in [-0.05, 0) is 25.5 Å². The number of para-hydroxylation sites is 1. The van der Waals surface area contributed by atoms with Crippen molar-refractivity contribution in [3.8, 4) is 0 Å². The molecule has 3 heterocycles. The van der Waals surface area contributed by atoms with Gasteiger partial charge in [0.25, 0.3) is 5.91 Å². The summed E-state index contributed by atoms with van der Waals surface area (Å²) in [6, 6.07) is 9.56. The van der Waals surface area contributed by atoms with Crippen LogP contribution in [0.5, 0.6) is 0 Å². The minimum Gasteiger partial charge on any atom is -0.331 e. The van der Waals surface area contributed by atoms with E-state index in [4.69, 9.17) is 0 Å². The molecular formula is C19H18N6O. The molecule has 7 heteroatoms. The van der Waals surface area contributed by atoms with Gasteiger partial charge in [-0.15, -0.1) is 0 Å². The van der Waals surface area contributed by atoms with E-state index in [2.05, 4.69) is 20.4 Å². The minimum atomic E-state index is -0.206. The number of carbonyl (C=O) groups excluding carboxylic acids is 1. The fourth-order valence-electron chi connectivity index (χ4n) is 2.94. The lowest BCUT2D eigenvalue weighted by molar-refractivity contribution is 0.102. The van der Waals surface area contributed by atoms with E-state index in [0.29, 0.717) is 12.1 Å². The molecular weight excluding hydrogens is 328 g/mol. The highest BCUT2D eigenvalue weighted by atomic mass is 16.1. The predicted molar refractivity (Wildman–Crippen MR) is 98.2 cm³/mol. The zero-order chi connectivity index (χ0) is 18.1. The second kappa shape index (κ2) is 6.44. The molecule has 1 N–H and O–H groups in total. The summed E-state index contributed by atoms with van der Waals surface area (Å²) in [6.07, 6.45) is 6.95. The third-order valence-electron chi connectivity index (χ3n) is 4.43. The number of nitrogens with one attached hydrogen (secondary N) is 1. The van der Waals surface area contributed by atoms with Crippen molar-refractivity contribution < 1.29 is 4.79 Å². The van der Waals surface area contributed by atoms with E-state index in [-0.39, 0.29) is 5.91 Å². The Morgan fingerprint density at radius 1 is 1.12 bits per heavy atom. The molecule has 0 fully saturated rings.